The number of nitrogens with zero attached hydrogens (tertiary/aromatic N) is 2. The van der Waals surface area contributed by atoms with E-state index in [0.717, 1.165) is 18.9 Å². The summed E-state index contributed by atoms with van der Waals surface area (Å²) < 4.78 is 46.6. The molecule has 0 unspecified atom stereocenters. The fraction of sp³-hybridized carbons (Fsp3) is 0.333. The highest BCUT2D eigenvalue weighted by Gasteiger charge is 2.32. The van der Waals surface area contributed by atoms with Crippen molar-refractivity contribution in [2.24, 2.45) is 0 Å². The van der Waals surface area contributed by atoms with E-state index < -0.39 is 12.3 Å². The van der Waals surface area contributed by atoms with Gasteiger partial charge in [-0.3, -0.25) is 4.79 Å². The molecule has 2 aromatic rings. The molecule has 1 saturated heterocycles. The molecule has 1 aliphatic heterocycles. The summed E-state index contributed by atoms with van der Waals surface area (Å²) in [6, 6.07) is 9.03. The van der Waals surface area contributed by atoms with Crippen molar-refractivity contribution < 1.29 is 27.4 Å². The Kier molecular flexibility index (Phi) is 5.80. The zero-order chi connectivity index (χ0) is 19.3. The van der Waals surface area contributed by atoms with Gasteiger partial charge < -0.3 is 19.7 Å². The SMILES string of the molecule is O=C(NCc1ccccc1OC(F)(F)F)c1ccc(N2CCOCC2)nc1. The molecule has 6 nitrogen and oxygen atoms in total. The minimum Gasteiger partial charge on any atom is -0.405 e. The smallest absolute Gasteiger partial charge is 0.405 e. The van der Waals surface area contributed by atoms with Gasteiger partial charge in [-0.1, -0.05) is 18.2 Å². The van der Waals surface area contributed by atoms with Crippen LogP contribution in [0.3, 0.4) is 0 Å². The van der Waals surface area contributed by atoms with Crippen molar-refractivity contribution in [3.8, 4) is 5.75 Å². The van der Waals surface area contributed by atoms with Crippen LogP contribution in [0.1, 0.15) is 15.9 Å². The van der Waals surface area contributed by atoms with Crippen molar-refractivity contribution in [2.75, 3.05) is 31.2 Å². The number of hydrogen-bond acceptors (Lipinski definition) is 5. The molecule has 1 aromatic heterocycles. The number of morpholine rings is 1. The third-order valence-electron chi connectivity index (χ3n) is 3.98. The van der Waals surface area contributed by atoms with Gasteiger partial charge in [0.25, 0.3) is 5.91 Å². The molecule has 1 N–H and O–H groups in total. The zero-order valence-corrected chi connectivity index (χ0v) is 14.3. The molecule has 27 heavy (non-hydrogen) atoms. The summed E-state index contributed by atoms with van der Waals surface area (Å²) in [4.78, 5) is 18.6. The Balaban J connectivity index is 1.61. The summed E-state index contributed by atoms with van der Waals surface area (Å²) in [6.07, 6.45) is -3.35. The van der Waals surface area contributed by atoms with Gasteiger partial charge in [0.15, 0.2) is 0 Å². The highest BCUT2D eigenvalue weighted by molar-refractivity contribution is 5.94. The molecule has 3 rings (SSSR count). The summed E-state index contributed by atoms with van der Waals surface area (Å²) in [5.74, 6) is -0.0253. The number of amides is 1. The van der Waals surface area contributed by atoms with Crippen molar-refractivity contribution in [1.29, 1.82) is 0 Å². The van der Waals surface area contributed by atoms with Gasteiger partial charge in [-0.25, -0.2) is 4.98 Å². The molecule has 1 amide bonds. The average molecular weight is 381 g/mol. The largest absolute Gasteiger partial charge is 0.573 e. The fourth-order valence-electron chi connectivity index (χ4n) is 2.65. The van der Waals surface area contributed by atoms with Gasteiger partial charge in [-0.2, -0.15) is 0 Å². The Hall–Kier alpha value is -2.81. The van der Waals surface area contributed by atoms with Crippen molar-refractivity contribution >= 4 is 11.7 Å². The van der Waals surface area contributed by atoms with E-state index in [1.165, 1.54) is 24.4 Å². The normalized spacial score (nSPS) is 14.7. The summed E-state index contributed by atoms with van der Waals surface area (Å²) in [5, 5.41) is 2.58. The van der Waals surface area contributed by atoms with Gasteiger partial charge in [-0.05, 0) is 18.2 Å². The lowest BCUT2D eigenvalue weighted by molar-refractivity contribution is -0.274. The van der Waals surface area contributed by atoms with Gasteiger partial charge in [0, 0.05) is 31.4 Å². The number of anilines is 1. The molecule has 9 heteroatoms. The third kappa shape index (κ3) is 5.33. The molecular formula is C18H18F3N3O3. The van der Waals surface area contributed by atoms with E-state index in [1.54, 1.807) is 18.2 Å². The lowest BCUT2D eigenvalue weighted by atomic mass is 10.2. The van der Waals surface area contributed by atoms with Crippen LogP contribution in [0.15, 0.2) is 42.6 Å². The Labute approximate surface area is 153 Å². The van der Waals surface area contributed by atoms with E-state index in [-0.39, 0.29) is 17.9 Å². The second kappa shape index (κ2) is 8.26. The minimum atomic E-state index is -4.79. The van der Waals surface area contributed by atoms with E-state index in [4.69, 9.17) is 4.74 Å². The molecule has 0 bridgehead atoms. The van der Waals surface area contributed by atoms with Crippen LogP contribution >= 0.6 is 0 Å². The maximum absolute atomic E-state index is 12.4. The first-order valence-electron chi connectivity index (χ1n) is 8.33. The second-order valence-electron chi connectivity index (χ2n) is 5.84. The van der Waals surface area contributed by atoms with Gasteiger partial charge in [-0.15, -0.1) is 13.2 Å². The van der Waals surface area contributed by atoms with Crippen molar-refractivity contribution in [1.82, 2.24) is 10.3 Å². The highest BCUT2D eigenvalue weighted by atomic mass is 19.4. The number of ether oxygens (including phenoxy) is 2. The lowest BCUT2D eigenvalue weighted by Crippen LogP contribution is -2.36. The Morgan fingerprint density at radius 1 is 1.19 bits per heavy atom. The minimum absolute atomic E-state index is 0.101. The lowest BCUT2D eigenvalue weighted by Gasteiger charge is -2.27. The van der Waals surface area contributed by atoms with Crippen LogP contribution in [0.4, 0.5) is 19.0 Å². The van der Waals surface area contributed by atoms with E-state index in [9.17, 15) is 18.0 Å². The van der Waals surface area contributed by atoms with E-state index >= 15 is 0 Å². The monoisotopic (exact) mass is 381 g/mol. The Morgan fingerprint density at radius 2 is 1.93 bits per heavy atom. The number of aromatic nitrogens is 1. The van der Waals surface area contributed by atoms with Crippen LogP contribution < -0.4 is 15.0 Å². The van der Waals surface area contributed by atoms with Gasteiger partial charge >= 0.3 is 6.36 Å². The first kappa shape index (κ1) is 19.0. The van der Waals surface area contributed by atoms with Crippen molar-refractivity contribution in [3.05, 3.63) is 53.7 Å². The number of hydrogen-bond donors (Lipinski definition) is 1. The number of pyridine rings is 1. The van der Waals surface area contributed by atoms with E-state index in [2.05, 4.69) is 19.9 Å². The van der Waals surface area contributed by atoms with Crippen molar-refractivity contribution in [2.45, 2.75) is 12.9 Å². The molecule has 2 heterocycles. The van der Waals surface area contributed by atoms with Crippen molar-refractivity contribution in [3.63, 3.8) is 0 Å². The zero-order valence-electron chi connectivity index (χ0n) is 14.3. The van der Waals surface area contributed by atoms with Gasteiger partial charge in [0.05, 0.1) is 18.8 Å². The topological polar surface area (TPSA) is 63.7 Å². The maximum Gasteiger partial charge on any atom is 0.573 e. The average Bonchev–Trinajstić information content (AvgIpc) is 2.67. The number of carbonyl (C=O) groups excluding carboxylic acids is 1. The Morgan fingerprint density at radius 3 is 2.59 bits per heavy atom. The predicted octanol–water partition coefficient (Wildman–Crippen LogP) is 2.75. The van der Waals surface area contributed by atoms with Gasteiger partial charge in [0.1, 0.15) is 11.6 Å². The maximum atomic E-state index is 12.4. The number of carbonyl (C=O) groups is 1. The molecule has 0 spiro atoms. The molecule has 0 atom stereocenters. The molecular weight excluding hydrogens is 363 g/mol. The summed E-state index contributed by atoms with van der Waals surface area (Å²) in [7, 11) is 0. The molecule has 1 aliphatic rings. The predicted molar refractivity (Wildman–Crippen MR) is 91.6 cm³/mol. The molecule has 144 valence electrons. The molecule has 0 aliphatic carbocycles. The van der Waals surface area contributed by atoms with Crippen LogP contribution in [0.2, 0.25) is 0 Å². The van der Waals surface area contributed by atoms with Crippen LogP contribution in [0.5, 0.6) is 5.75 Å². The fourth-order valence-corrected chi connectivity index (χ4v) is 2.65. The highest BCUT2D eigenvalue weighted by Crippen LogP contribution is 2.26. The quantitative estimate of drug-likeness (QED) is 0.863. The number of nitrogens with one attached hydrogen (secondary N) is 1. The number of benzene rings is 1. The van der Waals surface area contributed by atoms with E-state index in [0.29, 0.717) is 18.8 Å². The molecule has 1 fully saturated rings. The Bertz CT molecular complexity index is 775. The summed E-state index contributed by atoms with van der Waals surface area (Å²) in [6.45, 7) is 2.62. The summed E-state index contributed by atoms with van der Waals surface area (Å²) in [5.41, 5.74) is 0.544. The number of rotatable bonds is 5. The second-order valence-corrected chi connectivity index (χ2v) is 5.84. The van der Waals surface area contributed by atoms with Crippen LogP contribution in [-0.2, 0) is 11.3 Å². The molecule has 1 aromatic carbocycles. The number of para-hydroxylation sites is 1. The number of alkyl halides is 3. The van der Waals surface area contributed by atoms with Crippen LogP contribution in [0, 0.1) is 0 Å². The summed E-state index contributed by atoms with van der Waals surface area (Å²) >= 11 is 0. The first-order valence-corrected chi connectivity index (χ1v) is 8.33. The van der Waals surface area contributed by atoms with Crippen LogP contribution in [0.25, 0.3) is 0 Å². The molecule has 0 saturated carbocycles. The number of halogens is 3. The standard InChI is InChI=1S/C18H18F3N3O3/c19-18(20,21)27-15-4-2-1-3-13(15)11-23-17(25)14-5-6-16(22-12-14)24-7-9-26-10-8-24/h1-6,12H,7-11H2,(H,23,25). The van der Waals surface area contributed by atoms with Gasteiger partial charge in [0.2, 0.25) is 0 Å². The first-order chi connectivity index (χ1) is 12.9. The third-order valence-corrected chi connectivity index (χ3v) is 3.98. The molecule has 0 radical (unpaired) electrons. The van der Waals surface area contributed by atoms with Crippen LogP contribution in [-0.4, -0.2) is 43.6 Å². The van der Waals surface area contributed by atoms with E-state index in [1.807, 2.05) is 0 Å².